The Hall–Kier alpha value is -1.62. The molecular formula is C14H24N4O. The fraction of sp³-hybridized carbons (Fsp3) is 0.571. The van der Waals surface area contributed by atoms with Crippen molar-refractivity contribution in [2.45, 2.75) is 26.3 Å². The lowest BCUT2D eigenvalue weighted by Gasteiger charge is -2.23. The number of pyridine rings is 1. The van der Waals surface area contributed by atoms with Gasteiger partial charge in [0.1, 0.15) is 5.69 Å². The van der Waals surface area contributed by atoms with Crippen molar-refractivity contribution in [1.82, 2.24) is 10.3 Å². The molecular weight excluding hydrogens is 240 g/mol. The monoisotopic (exact) mass is 264 g/mol. The minimum Gasteiger partial charge on any atom is -0.374 e. The Morgan fingerprint density at radius 3 is 2.79 bits per heavy atom. The molecule has 0 aromatic carbocycles. The van der Waals surface area contributed by atoms with Crippen molar-refractivity contribution in [2.24, 2.45) is 11.7 Å². The van der Waals surface area contributed by atoms with Gasteiger partial charge in [-0.3, -0.25) is 9.78 Å². The van der Waals surface area contributed by atoms with E-state index < -0.39 is 0 Å². The van der Waals surface area contributed by atoms with E-state index in [-0.39, 0.29) is 11.9 Å². The lowest BCUT2D eigenvalue weighted by atomic mass is 10.0. The molecule has 1 amide bonds. The quantitative estimate of drug-likeness (QED) is 0.811. The van der Waals surface area contributed by atoms with E-state index in [9.17, 15) is 4.79 Å². The summed E-state index contributed by atoms with van der Waals surface area (Å²) in [5.74, 6) is 0.307. The minimum atomic E-state index is -0.172. The van der Waals surface area contributed by atoms with Crippen LogP contribution in [0.15, 0.2) is 18.3 Å². The van der Waals surface area contributed by atoms with Gasteiger partial charge in [0.2, 0.25) is 0 Å². The Morgan fingerprint density at radius 2 is 2.21 bits per heavy atom. The highest BCUT2D eigenvalue weighted by Crippen LogP contribution is 2.14. The molecule has 0 saturated heterocycles. The van der Waals surface area contributed by atoms with Crippen LogP contribution in [-0.4, -0.2) is 37.6 Å². The average molecular weight is 264 g/mol. The summed E-state index contributed by atoms with van der Waals surface area (Å²) < 4.78 is 0. The van der Waals surface area contributed by atoms with Crippen molar-refractivity contribution in [3.63, 3.8) is 0 Å². The zero-order chi connectivity index (χ0) is 14.4. The van der Waals surface area contributed by atoms with Gasteiger partial charge in [0, 0.05) is 38.6 Å². The van der Waals surface area contributed by atoms with Crippen molar-refractivity contribution >= 4 is 11.6 Å². The Balaban J connectivity index is 2.66. The maximum absolute atomic E-state index is 11.5. The number of nitrogens with one attached hydrogen (secondary N) is 1. The first-order valence-corrected chi connectivity index (χ1v) is 6.60. The van der Waals surface area contributed by atoms with Crippen LogP contribution in [0.25, 0.3) is 0 Å². The lowest BCUT2D eigenvalue weighted by molar-refractivity contribution is 0.0958. The number of nitrogens with two attached hydrogens (primary N) is 1. The van der Waals surface area contributed by atoms with Gasteiger partial charge >= 0.3 is 0 Å². The first kappa shape index (κ1) is 15.4. The summed E-state index contributed by atoms with van der Waals surface area (Å²) in [6.07, 6.45) is 2.57. The van der Waals surface area contributed by atoms with Gasteiger partial charge in [0.05, 0.1) is 0 Å². The van der Waals surface area contributed by atoms with Crippen molar-refractivity contribution in [2.75, 3.05) is 25.5 Å². The molecule has 0 bridgehead atoms. The molecule has 1 atom stereocenters. The molecule has 5 heteroatoms. The van der Waals surface area contributed by atoms with Crippen LogP contribution in [0.4, 0.5) is 5.69 Å². The molecule has 1 rings (SSSR count). The second-order valence-corrected chi connectivity index (χ2v) is 5.10. The highest BCUT2D eigenvalue weighted by Gasteiger charge is 2.11. The van der Waals surface area contributed by atoms with Gasteiger partial charge in [0.15, 0.2) is 0 Å². The third-order valence-electron chi connectivity index (χ3n) is 3.30. The molecule has 1 unspecified atom stereocenters. The predicted molar refractivity (Wildman–Crippen MR) is 78.3 cm³/mol. The summed E-state index contributed by atoms with van der Waals surface area (Å²) in [7, 11) is 3.60. The average Bonchev–Trinajstić information content (AvgIpc) is 2.43. The molecule has 0 spiro atoms. The second-order valence-electron chi connectivity index (χ2n) is 5.10. The Bertz CT molecular complexity index is 420. The van der Waals surface area contributed by atoms with Crippen LogP contribution >= 0.6 is 0 Å². The van der Waals surface area contributed by atoms with Crippen LogP contribution in [0.3, 0.4) is 0 Å². The first-order chi connectivity index (χ1) is 8.95. The van der Waals surface area contributed by atoms with Crippen LogP contribution in [0.1, 0.15) is 30.8 Å². The zero-order valence-electron chi connectivity index (χ0n) is 12.2. The molecule has 0 saturated carbocycles. The molecule has 1 heterocycles. The number of rotatable bonds is 6. The molecule has 3 N–H and O–H groups in total. The number of carbonyl (C=O) groups excluding carboxylic acids is 1. The SMILES string of the molecule is CNC(=O)c1cc(N(C)CCC(N)C(C)C)ccn1. The lowest BCUT2D eigenvalue weighted by Crippen LogP contribution is -2.32. The summed E-state index contributed by atoms with van der Waals surface area (Å²) in [6.45, 7) is 5.11. The first-order valence-electron chi connectivity index (χ1n) is 6.60. The number of anilines is 1. The Morgan fingerprint density at radius 1 is 1.53 bits per heavy atom. The molecule has 0 radical (unpaired) electrons. The third kappa shape index (κ3) is 4.52. The highest BCUT2D eigenvalue weighted by atomic mass is 16.1. The van der Waals surface area contributed by atoms with Gasteiger partial charge in [-0.15, -0.1) is 0 Å². The van der Waals surface area contributed by atoms with Gasteiger partial charge in [-0.25, -0.2) is 0 Å². The second kappa shape index (κ2) is 7.09. The highest BCUT2D eigenvalue weighted by molar-refractivity contribution is 5.92. The topological polar surface area (TPSA) is 71.2 Å². The largest absolute Gasteiger partial charge is 0.374 e. The fourth-order valence-electron chi connectivity index (χ4n) is 1.71. The van der Waals surface area contributed by atoms with Crippen molar-refractivity contribution in [1.29, 1.82) is 0 Å². The van der Waals surface area contributed by atoms with Crippen LogP contribution < -0.4 is 16.0 Å². The Kier molecular flexibility index (Phi) is 5.76. The van der Waals surface area contributed by atoms with E-state index in [4.69, 9.17) is 5.73 Å². The summed E-state index contributed by atoms with van der Waals surface area (Å²) in [6, 6.07) is 3.88. The molecule has 106 valence electrons. The number of amides is 1. The molecule has 0 fully saturated rings. The van der Waals surface area contributed by atoms with Gasteiger partial charge < -0.3 is 16.0 Å². The van der Waals surface area contributed by atoms with Gasteiger partial charge in [0.25, 0.3) is 5.91 Å². The van der Waals surface area contributed by atoms with E-state index in [1.54, 1.807) is 19.3 Å². The van der Waals surface area contributed by atoms with Crippen LogP contribution in [0.2, 0.25) is 0 Å². The summed E-state index contributed by atoms with van der Waals surface area (Å²) in [5, 5.41) is 2.57. The molecule has 1 aromatic rings. The van der Waals surface area contributed by atoms with Gasteiger partial charge in [-0.1, -0.05) is 13.8 Å². The number of nitrogens with zero attached hydrogens (tertiary/aromatic N) is 2. The van der Waals surface area contributed by atoms with Gasteiger partial charge in [-0.2, -0.15) is 0 Å². The van der Waals surface area contributed by atoms with Crippen molar-refractivity contribution in [3.05, 3.63) is 24.0 Å². The summed E-state index contributed by atoms with van der Waals surface area (Å²) in [4.78, 5) is 17.7. The van der Waals surface area contributed by atoms with Crippen molar-refractivity contribution in [3.8, 4) is 0 Å². The van der Waals surface area contributed by atoms with Crippen LogP contribution in [0, 0.1) is 5.92 Å². The molecule has 0 aliphatic heterocycles. The summed E-state index contributed by atoms with van der Waals surface area (Å²) >= 11 is 0. The Labute approximate surface area is 115 Å². The molecule has 0 aliphatic carbocycles. The normalized spacial score (nSPS) is 12.3. The van der Waals surface area contributed by atoms with Crippen LogP contribution in [0.5, 0.6) is 0 Å². The number of hydrogen-bond donors (Lipinski definition) is 2. The van der Waals surface area contributed by atoms with E-state index in [1.165, 1.54) is 0 Å². The maximum Gasteiger partial charge on any atom is 0.269 e. The fourth-order valence-corrected chi connectivity index (χ4v) is 1.71. The maximum atomic E-state index is 11.5. The minimum absolute atomic E-state index is 0.172. The molecule has 0 aliphatic rings. The van der Waals surface area contributed by atoms with E-state index in [0.29, 0.717) is 11.6 Å². The standard InChI is InChI=1S/C14H24N4O/c1-10(2)12(15)6-8-18(4)11-5-7-17-13(9-11)14(19)16-3/h5,7,9-10,12H,6,8,15H2,1-4H3,(H,16,19). The van der Waals surface area contributed by atoms with E-state index in [1.807, 2.05) is 13.1 Å². The number of hydrogen-bond acceptors (Lipinski definition) is 4. The molecule has 19 heavy (non-hydrogen) atoms. The van der Waals surface area contributed by atoms with E-state index >= 15 is 0 Å². The third-order valence-corrected chi connectivity index (χ3v) is 3.30. The van der Waals surface area contributed by atoms with E-state index in [2.05, 4.69) is 29.0 Å². The predicted octanol–water partition coefficient (Wildman–Crippen LogP) is 1.25. The molecule has 1 aromatic heterocycles. The van der Waals surface area contributed by atoms with Crippen LogP contribution in [-0.2, 0) is 0 Å². The van der Waals surface area contributed by atoms with Crippen molar-refractivity contribution < 1.29 is 4.79 Å². The zero-order valence-corrected chi connectivity index (χ0v) is 12.2. The molecule has 5 nitrogen and oxygen atoms in total. The summed E-state index contributed by atoms with van der Waals surface area (Å²) in [5.41, 5.74) is 7.45. The number of aromatic nitrogens is 1. The number of carbonyl (C=O) groups is 1. The van der Waals surface area contributed by atoms with E-state index in [0.717, 1.165) is 18.7 Å². The smallest absolute Gasteiger partial charge is 0.269 e. The van der Waals surface area contributed by atoms with Gasteiger partial charge in [-0.05, 0) is 24.5 Å².